The lowest BCUT2D eigenvalue weighted by Gasteiger charge is -2.60. The van der Waals surface area contributed by atoms with E-state index in [-0.39, 0.29) is 67.2 Å². The molecule has 23 nitrogen and oxygen atoms in total. The molecule has 0 amide bonds. The summed E-state index contributed by atoms with van der Waals surface area (Å²) in [5, 5.41) is 150. The molecule has 5 heterocycles. The molecule has 9 aliphatic rings. The molecule has 418 valence electrons. The van der Waals surface area contributed by atoms with Crippen LogP contribution in [0.4, 0.5) is 0 Å². The number of allylic oxidation sites excluding steroid dienone is 1. The molecule has 0 aromatic heterocycles. The fourth-order valence-electron chi connectivity index (χ4n) is 14.6. The minimum absolute atomic E-state index is 0.0327. The molecule has 9 rings (SSSR count). The predicted octanol–water partition coefficient (Wildman–Crippen LogP) is -3.48. The van der Waals surface area contributed by atoms with E-state index in [9.17, 15) is 71.5 Å². The Morgan fingerprint density at radius 2 is 1.34 bits per heavy atom. The van der Waals surface area contributed by atoms with Crippen LogP contribution in [0.25, 0.3) is 0 Å². The Morgan fingerprint density at radius 1 is 0.712 bits per heavy atom. The second kappa shape index (κ2) is 21.7. The second-order valence-electron chi connectivity index (χ2n) is 23.0. The molecule has 0 aromatic rings. The zero-order valence-electron chi connectivity index (χ0n) is 41.8. The van der Waals surface area contributed by atoms with Gasteiger partial charge in [-0.15, -0.1) is 0 Å². The van der Waals surface area contributed by atoms with Gasteiger partial charge in [0, 0.05) is 24.2 Å². The minimum Gasteiger partial charge on any atom is -0.394 e. The molecule has 73 heavy (non-hydrogen) atoms. The van der Waals surface area contributed by atoms with E-state index in [0.717, 1.165) is 24.8 Å². The highest BCUT2D eigenvalue weighted by Crippen LogP contribution is 2.70. The van der Waals surface area contributed by atoms with E-state index < -0.39 is 153 Å². The predicted molar refractivity (Wildman–Crippen MR) is 246 cm³/mol. The van der Waals surface area contributed by atoms with Gasteiger partial charge >= 0.3 is 0 Å². The lowest BCUT2D eigenvalue weighted by Crippen LogP contribution is -2.65. The molecule has 30 atom stereocenters. The topological polar surface area (TPSA) is 366 Å². The Labute approximate surface area is 423 Å². The molecule has 14 N–H and O–H groups in total. The van der Waals surface area contributed by atoms with E-state index in [0.29, 0.717) is 24.8 Å². The summed E-state index contributed by atoms with van der Waals surface area (Å²) in [5.74, 6) is -1.21. The van der Waals surface area contributed by atoms with Gasteiger partial charge in [0.15, 0.2) is 30.9 Å². The van der Waals surface area contributed by atoms with Gasteiger partial charge in [0.05, 0.1) is 50.8 Å². The monoisotopic (exact) mass is 1050 g/mol. The van der Waals surface area contributed by atoms with Crippen molar-refractivity contribution in [2.45, 2.75) is 220 Å². The number of ether oxygens (including phenoxy) is 9. The third-order valence-corrected chi connectivity index (χ3v) is 18.9. The smallest absolute Gasteiger partial charge is 0.187 e. The van der Waals surface area contributed by atoms with E-state index in [1.54, 1.807) is 0 Å². The zero-order chi connectivity index (χ0) is 52.8. The number of aliphatic hydroxyl groups is 14. The Hall–Kier alpha value is -1.44. The third kappa shape index (κ3) is 9.95. The van der Waals surface area contributed by atoms with Crippen molar-refractivity contribution in [2.75, 3.05) is 26.4 Å². The van der Waals surface area contributed by atoms with Crippen LogP contribution in [-0.2, 0) is 42.6 Å². The highest BCUT2D eigenvalue weighted by atomic mass is 16.8. The van der Waals surface area contributed by atoms with E-state index >= 15 is 0 Å². The van der Waals surface area contributed by atoms with Crippen molar-refractivity contribution in [1.29, 1.82) is 0 Å². The molecule has 0 radical (unpaired) electrons. The summed E-state index contributed by atoms with van der Waals surface area (Å²) in [5.41, 5.74) is 0.794. The quantitative estimate of drug-likeness (QED) is 0.0752. The summed E-state index contributed by atoms with van der Waals surface area (Å²) in [4.78, 5) is 0. The summed E-state index contributed by atoms with van der Waals surface area (Å²) < 4.78 is 54.1. The molecule has 0 aromatic carbocycles. The van der Waals surface area contributed by atoms with Crippen molar-refractivity contribution in [2.24, 2.45) is 40.4 Å². The SMILES string of the molecule is C=C(CC[C@@]1(O)O[C@H]2C[C@H]3[C@@H]4CC=C5C[C@@H](O)C[C@@H](O[C@@H]6OC[C@@H](O)[C@@H](O)[C@H]6O[C@@H]6O[C@@H](C)[C@H](O)[C@H](O[C@@H]7O[C@H](CO)[C@H](O)[C@H](O)[C@@H]7O)[C@H]6O)[C@]5(C)[C@H]4CC[C@]3(C)[C@H]2[C@@H]1C)CO[C@@H]1O[C@H](CO)[C@H](O)[C@@H](O)[C@@H]1O. The van der Waals surface area contributed by atoms with Gasteiger partial charge in [-0.05, 0) is 74.5 Å². The Morgan fingerprint density at radius 3 is 2.01 bits per heavy atom. The lowest BCUT2D eigenvalue weighted by molar-refractivity contribution is -0.381. The van der Waals surface area contributed by atoms with E-state index in [1.807, 2.05) is 6.92 Å². The molecule has 0 unspecified atom stereocenters. The van der Waals surface area contributed by atoms with Crippen molar-refractivity contribution in [3.63, 3.8) is 0 Å². The Balaban J connectivity index is 0.866. The minimum atomic E-state index is -1.85. The van der Waals surface area contributed by atoms with Crippen LogP contribution in [-0.4, -0.2) is 239 Å². The maximum atomic E-state index is 12.1. The van der Waals surface area contributed by atoms with Crippen LogP contribution in [0.3, 0.4) is 0 Å². The zero-order valence-corrected chi connectivity index (χ0v) is 41.8. The molecule has 0 spiro atoms. The van der Waals surface area contributed by atoms with Crippen LogP contribution < -0.4 is 0 Å². The third-order valence-electron chi connectivity index (χ3n) is 18.9. The van der Waals surface area contributed by atoms with Gasteiger partial charge < -0.3 is 114 Å². The van der Waals surface area contributed by atoms with Crippen LogP contribution in [0.2, 0.25) is 0 Å². The standard InChI is InChI=1S/C50H80O23/c1-19(17-65-44-39(61)37(59)35(57)29(15-51)68-44)8-11-50(64)20(2)32-28(73-50)14-26-24-7-6-22-12-23(53)13-31(49(22,5)25(24)9-10-48(26,32)4)70-47-43(34(56)27(54)18-66-47)72-46-41(63)42(33(55)21(3)67-46)71-45-40(62)38(60)36(58)30(16-52)69-45/h6,20-21,23-47,51-64H,1,7-18H2,2-5H3/t20-,21-,23+,24+,25-,26-,27+,28-,29+,30+,31+,32-,33-,34+,35-,36-,37+,38-,39-,40-,41+,42-,43+,44+,45-,46-,47-,48-,49-,50+/m0/s1. The number of aliphatic hydroxyl groups excluding tert-OH is 13. The molecule has 4 aliphatic carbocycles. The van der Waals surface area contributed by atoms with Gasteiger partial charge in [-0.1, -0.05) is 44.6 Å². The van der Waals surface area contributed by atoms with Crippen molar-refractivity contribution < 1.29 is 114 Å². The Bertz CT molecular complexity index is 1950. The second-order valence-corrected chi connectivity index (χ2v) is 23.0. The summed E-state index contributed by atoms with van der Waals surface area (Å²) in [6.07, 6.45) is -24.3. The fourth-order valence-corrected chi connectivity index (χ4v) is 14.6. The van der Waals surface area contributed by atoms with Crippen molar-refractivity contribution in [3.8, 4) is 0 Å². The lowest BCUT2D eigenvalue weighted by atomic mass is 9.46. The molecule has 5 saturated heterocycles. The normalized spacial score (nSPS) is 55.0. The van der Waals surface area contributed by atoms with Gasteiger partial charge in [0.1, 0.15) is 85.5 Å². The maximum absolute atomic E-state index is 12.1. The molecule has 0 bridgehead atoms. The molecule has 3 saturated carbocycles. The van der Waals surface area contributed by atoms with Crippen molar-refractivity contribution in [1.82, 2.24) is 0 Å². The van der Waals surface area contributed by atoms with Crippen LogP contribution >= 0.6 is 0 Å². The van der Waals surface area contributed by atoms with Crippen LogP contribution in [0, 0.1) is 40.4 Å². The van der Waals surface area contributed by atoms with Crippen molar-refractivity contribution >= 4 is 0 Å². The largest absolute Gasteiger partial charge is 0.394 e. The number of hydrogen-bond acceptors (Lipinski definition) is 23. The van der Waals surface area contributed by atoms with Crippen LogP contribution in [0.15, 0.2) is 23.8 Å². The van der Waals surface area contributed by atoms with E-state index in [2.05, 4.69) is 26.5 Å². The number of fused-ring (bicyclic) bond motifs is 7. The highest BCUT2D eigenvalue weighted by Gasteiger charge is 2.69. The van der Waals surface area contributed by atoms with Crippen LogP contribution in [0.5, 0.6) is 0 Å². The molecule has 23 heteroatoms. The van der Waals surface area contributed by atoms with Gasteiger partial charge in [0.25, 0.3) is 0 Å². The highest BCUT2D eigenvalue weighted by molar-refractivity contribution is 5.29. The van der Waals surface area contributed by atoms with E-state index in [4.69, 9.17) is 42.6 Å². The average Bonchev–Trinajstić information content (AvgIpc) is 3.80. The first-order valence-electron chi connectivity index (χ1n) is 26.1. The van der Waals surface area contributed by atoms with Gasteiger partial charge in [-0.2, -0.15) is 0 Å². The Kier molecular flexibility index (Phi) is 16.7. The summed E-state index contributed by atoms with van der Waals surface area (Å²) >= 11 is 0. The molecular formula is C50H80O23. The van der Waals surface area contributed by atoms with Crippen LogP contribution in [0.1, 0.15) is 79.1 Å². The summed E-state index contributed by atoms with van der Waals surface area (Å²) in [6.45, 7) is 10.3. The average molecular weight is 1050 g/mol. The first kappa shape index (κ1) is 56.3. The first-order chi connectivity index (χ1) is 34.5. The summed E-state index contributed by atoms with van der Waals surface area (Å²) in [6, 6.07) is 0. The maximum Gasteiger partial charge on any atom is 0.187 e. The fraction of sp³-hybridized carbons (Fsp3) is 0.920. The van der Waals surface area contributed by atoms with Crippen molar-refractivity contribution in [3.05, 3.63) is 23.8 Å². The number of hydrogen-bond donors (Lipinski definition) is 14. The van der Waals surface area contributed by atoms with Gasteiger partial charge in [0.2, 0.25) is 0 Å². The first-order valence-corrected chi connectivity index (χ1v) is 26.1. The molecule has 8 fully saturated rings. The van der Waals surface area contributed by atoms with E-state index in [1.165, 1.54) is 6.92 Å². The van der Waals surface area contributed by atoms with Gasteiger partial charge in [-0.25, -0.2) is 0 Å². The molecule has 5 aliphatic heterocycles. The number of rotatable bonds is 14. The molecular weight excluding hydrogens is 969 g/mol. The van der Waals surface area contributed by atoms with Gasteiger partial charge in [-0.3, -0.25) is 0 Å². The summed E-state index contributed by atoms with van der Waals surface area (Å²) in [7, 11) is 0.